The lowest BCUT2D eigenvalue weighted by Gasteiger charge is -2.33. The Hall–Kier alpha value is -3.33. The van der Waals surface area contributed by atoms with Gasteiger partial charge < -0.3 is 10.1 Å². The van der Waals surface area contributed by atoms with Gasteiger partial charge in [-0.1, -0.05) is 24.3 Å². The second-order valence-electron chi connectivity index (χ2n) is 6.87. The molecule has 1 spiro atoms. The number of aryl methyl sites for hydroxylation is 1. The molecule has 27 heavy (non-hydrogen) atoms. The van der Waals surface area contributed by atoms with E-state index in [1.807, 2.05) is 18.2 Å². The molecular formula is C21H19N3O3. The second-order valence-corrected chi connectivity index (χ2v) is 6.87. The highest BCUT2D eigenvalue weighted by Crippen LogP contribution is 2.41. The number of methoxy groups -OCH3 is 1. The van der Waals surface area contributed by atoms with Gasteiger partial charge in [0.1, 0.15) is 11.3 Å². The molecule has 136 valence electrons. The molecule has 1 aliphatic heterocycles. The van der Waals surface area contributed by atoms with Crippen molar-refractivity contribution < 1.29 is 14.3 Å². The Labute approximate surface area is 157 Å². The van der Waals surface area contributed by atoms with E-state index in [0.29, 0.717) is 17.5 Å². The van der Waals surface area contributed by atoms with Crippen molar-refractivity contribution in [3.8, 4) is 11.8 Å². The zero-order valence-corrected chi connectivity index (χ0v) is 15.0. The number of ether oxygens (including phenoxy) is 1. The fraction of sp³-hybridized carbons (Fsp3) is 0.286. The number of benzene rings is 2. The van der Waals surface area contributed by atoms with Crippen LogP contribution in [0.15, 0.2) is 42.5 Å². The van der Waals surface area contributed by atoms with E-state index >= 15 is 0 Å². The largest absolute Gasteiger partial charge is 0.497 e. The minimum atomic E-state index is -1.03. The van der Waals surface area contributed by atoms with Crippen molar-refractivity contribution in [3.05, 3.63) is 64.7 Å². The van der Waals surface area contributed by atoms with Gasteiger partial charge in [-0.3, -0.25) is 9.69 Å². The number of nitrogens with one attached hydrogen (secondary N) is 1. The van der Waals surface area contributed by atoms with Gasteiger partial charge in [0.05, 0.1) is 25.3 Å². The molecule has 0 bridgehead atoms. The highest BCUT2D eigenvalue weighted by molar-refractivity contribution is 6.07. The maximum atomic E-state index is 13.3. The molecule has 1 heterocycles. The van der Waals surface area contributed by atoms with Crippen molar-refractivity contribution in [3.63, 3.8) is 0 Å². The molecule has 0 aromatic heterocycles. The van der Waals surface area contributed by atoms with Crippen LogP contribution in [0.2, 0.25) is 0 Å². The molecule has 1 fully saturated rings. The lowest BCUT2D eigenvalue weighted by Crippen LogP contribution is -2.46. The van der Waals surface area contributed by atoms with Crippen LogP contribution in [-0.2, 0) is 23.3 Å². The van der Waals surface area contributed by atoms with Gasteiger partial charge in [0.25, 0.3) is 5.91 Å². The number of carbonyl (C=O) groups excluding carboxylic acids is 2. The number of hydrogen-bond acceptors (Lipinski definition) is 4. The summed E-state index contributed by atoms with van der Waals surface area (Å²) in [5, 5.41) is 12.2. The molecule has 0 saturated carbocycles. The first kappa shape index (κ1) is 17.1. The third-order valence-electron chi connectivity index (χ3n) is 5.41. The molecule has 1 aliphatic carbocycles. The van der Waals surface area contributed by atoms with Crippen LogP contribution < -0.4 is 10.1 Å². The summed E-state index contributed by atoms with van der Waals surface area (Å²) in [6.45, 7) is 0.0850. The minimum Gasteiger partial charge on any atom is -0.497 e. The second kappa shape index (κ2) is 6.44. The van der Waals surface area contributed by atoms with Gasteiger partial charge in [0.2, 0.25) is 0 Å². The number of amides is 3. The monoisotopic (exact) mass is 361 g/mol. The molecule has 2 aliphatic rings. The van der Waals surface area contributed by atoms with Crippen LogP contribution in [-0.4, -0.2) is 23.9 Å². The molecule has 1 N–H and O–H groups in total. The zero-order chi connectivity index (χ0) is 19.0. The quantitative estimate of drug-likeness (QED) is 0.852. The summed E-state index contributed by atoms with van der Waals surface area (Å²) in [4.78, 5) is 27.2. The molecule has 1 atom stereocenters. The van der Waals surface area contributed by atoms with Crippen molar-refractivity contribution in [2.75, 3.05) is 7.11 Å². The first-order chi connectivity index (χ1) is 13.1. The summed E-state index contributed by atoms with van der Waals surface area (Å²) >= 11 is 0. The first-order valence-electron chi connectivity index (χ1n) is 8.88. The van der Waals surface area contributed by atoms with Gasteiger partial charge in [0, 0.05) is 0 Å². The van der Waals surface area contributed by atoms with Crippen LogP contribution in [0, 0.1) is 11.3 Å². The Bertz CT molecular complexity index is 979. The van der Waals surface area contributed by atoms with Crippen molar-refractivity contribution in [1.82, 2.24) is 10.2 Å². The standard InChI is InChI=1S/C21H19N3O3/c1-27-17-8-9-18-14(11-17)7-4-10-21(18)19(25)24(20(26)23-21)13-16-6-3-2-5-15(16)12-22/h2-3,5-6,8-9,11H,4,7,10,13H2,1H3,(H,23,26). The summed E-state index contributed by atoms with van der Waals surface area (Å²) in [6.07, 6.45) is 2.21. The van der Waals surface area contributed by atoms with E-state index in [1.54, 1.807) is 31.4 Å². The van der Waals surface area contributed by atoms with E-state index < -0.39 is 11.6 Å². The molecule has 2 aromatic carbocycles. The predicted octanol–water partition coefficient (Wildman–Crippen LogP) is 2.85. The molecule has 3 amide bonds. The van der Waals surface area contributed by atoms with Gasteiger partial charge in [-0.25, -0.2) is 4.79 Å². The molecule has 6 nitrogen and oxygen atoms in total. The molecule has 0 radical (unpaired) electrons. The summed E-state index contributed by atoms with van der Waals surface area (Å²) in [7, 11) is 1.61. The van der Waals surface area contributed by atoms with Crippen LogP contribution in [0.3, 0.4) is 0 Å². The molecular weight excluding hydrogens is 342 g/mol. The summed E-state index contributed by atoms with van der Waals surface area (Å²) in [5.74, 6) is 0.480. The maximum absolute atomic E-state index is 13.3. The highest BCUT2D eigenvalue weighted by Gasteiger charge is 2.53. The van der Waals surface area contributed by atoms with E-state index in [4.69, 9.17) is 4.74 Å². The van der Waals surface area contributed by atoms with Crippen molar-refractivity contribution in [1.29, 1.82) is 5.26 Å². The summed E-state index contributed by atoms with van der Waals surface area (Å²) in [6, 6.07) is 14.3. The number of nitriles is 1. The van der Waals surface area contributed by atoms with Gasteiger partial charge >= 0.3 is 6.03 Å². The number of hydrogen-bond donors (Lipinski definition) is 1. The number of nitrogens with zero attached hydrogens (tertiary/aromatic N) is 2. The molecule has 2 aromatic rings. The number of urea groups is 1. The lowest BCUT2D eigenvalue weighted by atomic mass is 9.76. The third-order valence-corrected chi connectivity index (χ3v) is 5.41. The highest BCUT2D eigenvalue weighted by atomic mass is 16.5. The number of imide groups is 1. The fourth-order valence-electron chi connectivity index (χ4n) is 4.06. The number of fused-ring (bicyclic) bond motifs is 2. The van der Waals surface area contributed by atoms with Gasteiger partial charge in [0.15, 0.2) is 0 Å². The Morgan fingerprint density at radius 3 is 2.85 bits per heavy atom. The average molecular weight is 361 g/mol. The van der Waals surface area contributed by atoms with E-state index in [1.165, 1.54) is 4.90 Å². The van der Waals surface area contributed by atoms with Crippen LogP contribution in [0.5, 0.6) is 5.75 Å². The van der Waals surface area contributed by atoms with E-state index in [9.17, 15) is 14.9 Å². The SMILES string of the molecule is COc1ccc2c(c1)CCCC21NC(=O)N(Cc2ccccc2C#N)C1=O. The minimum absolute atomic E-state index is 0.0850. The molecule has 6 heteroatoms. The topological polar surface area (TPSA) is 82.4 Å². The Morgan fingerprint density at radius 1 is 1.26 bits per heavy atom. The zero-order valence-electron chi connectivity index (χ0n) is 15.0. The summed E-state index contributed by atoms with van der Waals surface area (Å²) in [5.41, 5.74) is 1.95. The van der Waals surface area contributed by atoms with Crippen molar-refractivity contribution >= 4 is 11.9 Å². The van der Waals surface area contributed by atoms with Crippen LogP contribution in [0.25, 0.3) is 0 Å². The smallest absolute Gasteiger partial charge is 0.325 e. The first-order valence-corrected chi connectivity index (χ1v) is 8.88. The third kappa shape index (κ3) is 2.63. The Morgan fingerprint density at radius 2 is 2.07 bits per heavy atom. The van der Waals surface area contributed by atoms with Gasteiger partial charge in [-0.2, -0.15) is 5.26 Å². The van der Waals surface area contributed by atoms with Gasteiger partial charge in [-0.05, 0) is 54.2 Å². The normalized spacial score (nSPS) is 21.0. The number of carbonyl (C=O) groups is 2. The lowest BCUT2D eigenvalue weighted by molar-refractivity contribution is -0.132. The predicted molar refractivity (Wildman–Crippen MR) is 97.8 cm³/mol. The fourth-order valence-corrected chi connectivity index (χ4v) is 4.06. The molecule has 1 saturated heterocycles. The Kier molecular flexibility index (Phi) is 4.08. The maximum Gasteiger partial charge on any atom is 0.325 e. The molecule has 4 rings (SSSR count). The Balaban J connectivity index is 1.71. The van der Waals surface area contributed by atoms with E-state index in [-0.39, 0.29) is 12.5 Å². The van der Waals surface area contributed by atoms with E-state index in [0.717, 1.165) is 29.7 Å². The summed E-state index contributed by atoms with van der Waals surface area (Å²) < 4.78 is 5.29. The van der Waals surface area contributed by atoms with Crippen LogP contribution in [0.1, 0.15) is 35.1 Å². The number of rotatable bonds is 3. The average Bonchev–Trinajstić information content (AvgIpc) is 2.93. The molecule has 1 unspecified atom stereocenters. The van der Waals surface area contributed by atoms with Crippen LogP contribution >= 0.6 is 0 Å². The van der Waals surface area contributed by atoms with Gasteiger partial charge in [-0.15, -0.1) is 0 Å². The van der Waals surface area contributed by atoms with Crippen molar-refractivity contribution in [2.24, 2.45) is 0 Å². The van der Waals surface area contributed by atoms with Crippen molar-refractivity contribution in [2.45, 2.75) is 31.3 Å². The van der Waals surface area contributed by atoms with Crippen LogP contribution in [0.4, 0.5) is 4.79 Å². The van der Waals surface area contributed by atoms with E-state index in [2.05, 4.69) is 11.4 Å².